The van der Waals surface area contributed by atoms with Gasteiger partial charge in [-0.05, 0) is 18.1 Å². The highest BCUT2D eigenvalue weighted by Crippen LogP contribution is 2.20. The second kappa shape index (κ2) is 4.72. The maximum Gasteiger partial charge on any atom is 0.357 e. The molecule has 0 saturated carbocycles. The summed E-state index contributed by atoms with van der Waals surface area (Å²) in [5, 5.41) is 10.3. The Kier molecular flexibility index (Phi) is 2.91. The number of allylic oxidation sites excluding steroid dienone is 2. The summed E-state index contributed by atoms with van der Waals surface area (Å²) in [6, 6.07) is 9.59. The fourth-order valence-electron chi connectivity index (χ4n) is 2.29. The van der Waals surface area contributed by atoms with Crippen molar-refractivity contribution in [2.45, 2.75) is 12.6 Å². The lowest BCUT2D eigenvalue weighted by Gasteiger charge is -2.23. The van der Waals surface area contributed by atoms with Crippen molar-refractivity contribution in [3.05, 3.63) is 60.3 Å². The molecular weight excluding hydrogens is 242 g/mol. The summed E-state index contributed by atoms with van der Waals surface area (Å²) in [4.78, 5) is 12.0. The molecular formula is C15H14NO3+. The summed E-state index contributed by atoms with van der Waals surface area (Å²) in [6.07, 6.45) is 6.94. The molecule has 0 radical (unpaired) electrons. The Morgan fingerprint density at radius 1 is 1.21 bits per heavy atom. The first-order valence-corrected chi connectivity index (χ1v) is 6.19. The molecule has 0 amide bonds. The number of carbonyl (C=O) groups is 1. The minimum absolute atomic E-state index is 0.0469. The van der Waals surface area contributed by atoms with Crippen molar-refractivity contribution >= 4 is 11.9 Å². The quantitative estimate of drug-likeness (QED) is 0.648. The molecule has 1 N–H and O–H groups in total. The number of esters is 1. The first kappa shape index (κ1) is 11.7. The van der Waals surface area contributed by atoms with Gasteiger partial charge in [-0.1, -0.05) is 30.3 Å². The van der Waals surface area contributed by atoms with Crippen LogP contribution >= 0.6 is 0 Å². The second-order valence-corrected chi connectivity index (χ2v) is 4.56. The van der Waals surface area contributed by atoms with Crippen LogP contribution in [0.4, 0.5) is 0 Å². The van der Waals surface area contributed by atoms with E-state index in [9.17, 15) is 9.90 Å². The van der Waals surface area contributed by atoms with Crippen molar-refractivity contribution < 1.29 is 19.2 Å². The van der Waals surface area contributed by atoms with Crippen LogP contribution < -0.4 is 0 Å². The maximum atomic E-state index is 12.0. The lowest BCUT2D eigenvalue weighted by Crippen LogP contribution is -2.45. The van der Waals surface area contributed by atoms with Crippen molar-refractivity contribution in [1.29, 1.82) is 0 Å². The van der Waals surface area contributed by atoms with Gasteiger partial charge in [0.25, 0.3) is 0 Å². The van der Waals surface area contributed by atoms with Gasteiger partial charge >= 0.3 is 18.1 Å². The zero-order valence-corrected chi connectivity index (χ0v) is 10.3. The Morgan fingerprint density at radius 3 is 2.79 bits per heavy atom. The van der Waals surface area contributed by atoms with Crippen LogP contribution in [-0.2, 0) is 16.0 Å². The molecule has 19 heavy (non-hydrogen) atoms. The number of hydrogen-bond acceptors (Lipinski definition) is 2. The first-order valence-electron chi connectivity index (χ1n) is 6.19. The monoisotopic (exact) mass is 256 g/mol. The van der Waals surface area contributed by atoms with Crippen LogP contribution in [-0.4, -0.2) is 27.8 Å². The van der Waals surface area contributed by atoms with E-state index in [1.165, 1.54) is 0 Å². The number of ether oxygens (including phenoxy) is 1. The van der Waals surface area contributed by atoms with E-state index in [1.54, 1.807) is 29.0 Å². The number of aliphatic hydroxyl groups is 1. The molecule has 2 heterocycles. The zero-order valence-electron chi connectivity index (χ0n) is 10.3. The summed E-state index contributed by atoms with van der Waals surface area (Å²) < 4.78 is 6.89. The van der Waals surface area contributed by atoms with Gasteiger partial charge in [0.15, 0.2) is 12.1 Å². The normalized spacial score (nSPS) is 25.2. The fourth-order valence-corrected chi connectivity index (χ4v) is 2.29. The number of carbonyl (C=O) groups excluding carboxylic acids is 1. The van der Waals surface area contributed by atoms with Crippen LogP contribution in [0.5, 0.6) is 0 Å². The molecule has 2 aliphatic rings. The van der Waals surface area contributed by atoms with Crippen LogP contribution in [0.25, 0.3) is 0 Å². The highest BCUT2D eigenvalue weighted by atomic mass is 16.6. The molecule has 2 aliphatic heterocycles. The Hall–Kier alpha value is -2.36. The third-order valence-electron chi connectivity index (χ3n) is 3.29. The molecule has 0 aromatic heterocycles. The minimum atomic E-state index is -0.644. The van der Waals surface area contributed by atoms with Crippen molar-refractivity contribution in [1.82, 2.24) is 0 Å². The number of nitrogens with zero attached hydrogens (tertiary/aromatic N) is 1. The van der Waals surface area contributed by atoms with Crippen molar-refractivity contribution in [2.24, 2.45) is 5.92 Å². The molecule has 1 aromatic carbocycles. The Labute approximate surface area is 110 Å². The van der Waals surface area contributed by atoms with Gasteiger partial charge < -0.3 is 9.84 Å². The number of aliphatic hydroxyl groups excluding tert-OH is 1. The van der Waals surface area contributed by atoms with Gasteiger partial charge in [-0.25, -0.2) is 0 Å². The largest absolute Gasteiger partial charge is 0.462 e. The van der Waals surface area contributed by atoms with E-state index in [-0.39, 0.29) is 11.9 Å². The predicted molar refractivity (Wildman–Crippen MR) is 69.7 cm³/mol. The van der Waals surface area contributed by atoms with E-state index < -0.39 is 12.1 Å². The molecule has 0 saturated heterocycles. The highest BCUT2D eigenvalue weighted by Gasteiger charge is 2.43. The lowest BCUT2D eigenvalue weighted by atomic mass is 9.98. The molecule has 0 spiro atoms. The van der Waals surface area contributed by atoms with E-state index >= 15 is 0 Å². The predicted octanol–water partition coefficient (Wildman–Crippen LogP) is 1.78. The van der Waals surface area contributed by atoms with Crippen LogP contribution in [0.15, 0.2) is 54.8 Å². The summed E-state index contributed by atoms with van der Waals surface area (Å²) in [6.45, 7) is 0. The molecule has 0 bridgehead atoms. The third-order valence-corrected chi connectivity index (χ3v) is 3.29. The van der Waals surface area contributed by atoms with Gasteiger partial charge in [-0.2, -0.15) is 0 Å². The number of rotatable bonds is 2. The number of fused-ring (bicyclic) bond motifs is 1. The molecule has 0 unspecified atom stereocenters. The van der Waals surface area contributed by atoms with Crippen molar-refractivity contribution in [3.63, 3.8) is 0 Å². The van der Waals surface area contributed by atoms with Gasteiger partial charge in [0.05, 0.1) is 0 Å². The van der Waals surface area contributed by atoms with E-state index in [4.69, 9.17) is 4.74 Å². The first-order chi connectivity index (χ1) is 9.25. The molecule has 4 nitrogen and oxygen atoms in total. The average Bonchev–Trinajstić information content (AvgIpc) is 2.45. The fraction of sp³-hybridized carbons (Fsp3) is 0.200. The second-order valence-electron chi connectivity index (χ2n) is 4.56. The summed E-state index contributed by atoms with van der Waals surface area (Å²) in [5.41, 5.74) is 0.992. The van der Waals surface area contributed by atoms with E-state index in [0.717, 1.165) is 5.56 Å². The standard InChI is InChI=1S/C15H13NO3/c17-14-12(10-11-6-2-1-3-7-11)15(18)19-13-8-4-5-9-16(13)14/h1-9,12-13H,10H2/p+1/t12-,13+/m0/s1. The molecule has 0 fully saturated rings. The molecule has 4 heteroatoms. The molecule has 96 valence electrons. The average molecular weight is 256 g/mol. The molecule has 1 aromatic rings. The van der Waals surface area contributed by atoms with Crippen LogP contribution in [0.2, 0.25) is 0 Å². The third kappa shape index (κ3) is 2.17. The molecule has 0 aliphatic carbocycles. The summed E-state index contributed by atoms with van der Waals surface area (Å²) >= 11 is 0. The minimum Gasteiger partial charge on any atom is -0.462 e. The van der Waals surface area contributed by atoms with Crippen molar-refractivity contribution in [3.8, 4) is 0 Å². The van der Waals surface area contributed by atoms with Crippen LogP contribution in [0.1, 0.15) is 5.56 Å². The molecule has 2 atom stereocenters. The smallest absolute Gasteiger partial charge is 0.357 e. The lowest BCUT2D eigenvalue weighted by molar-refractivity contribution is -0.549. The number of hydrogen-bond donors (Lipinski definition) is 1. The van der Waals surface area contributed by atoms with Crippen LogP contribution in [0, 0.1) is 5.92 Å². The highest BCUT2D eigenvalue weighted by molar-refractivity contribution is 5.96. The van der Waals surface area contributed by atoms with E-state index in [0.29, 0.717) is 6.42 Å². The van der Waals surface area contributed by atoms with E-state index in [1.807, 2.05) is 30.3 Å². The SMILES string of the molecule is O=C1O[C@@H]2C=CC=C[N+]2=C(O)[C@@H]1Cc1ccccc1. The van der Waals surface area contributed by atoms with Crippen molar-refractivity contribution in [2.75, 3.05) is 0 Å². The van der Waals surface area contributed by atoms with Gasteiger partial charge in [0, 0.05) is 12.2 Å². The van der Waals surface area contributed by atoms with Gasteiger partial charge in [-0.3, -0.25) is 4.79 Å². The topological polar surface area (TPSA) is 49.5 Å². The van der Waals surface area contributed by atoms with Gasteiger partial charge in [0.2, 0.25) is 0 Å². The number of benzene rings is 1. The zero-order chi connectivity index (χ0) is 13.2. The summed E-state index contributed by atoms with van der Waals surface area (Å²) in [7, 11) is 0. The van der Waals surface area contributed by atoms with Gasteiger partial charge in [0.1, 0.15) is 0 Å². The molecule has 3 rings (SSSR count). The van der Waals surface area contributed by atoms with Crippen LogP contribution in [0.3, 0.4) is 0 Å². The summed E-state index contributed by atoms with van der Waals surface area (Å²) in [5.74, 6) is -0.983. The maximum absolute atomic E-state index is 12.0. The Morgan fingerprint density at radius 2 is 2.00 bits per heavy atom. The Balaban J connectivity index is 1.91. The van der Waals surface area contributed by atoms with E-state index in [2.05, 4.69) is 0 Å². The Bertz CT molecular complexity index is 587. The van der Waals surface area contributed by atoms with Gasteiger partial charge in [-0.15, -0.1) is 4.58 Å².